The fourth-order valence-electron chi connectivity index (χ4n) is 3.80. The highest BCUT2D eigenvalue weighted by Gasteiger charge is 2.46. The van der Waals surface area contributed by atoms with Gasteiger partial charge in [-0.25, -0.2) is 0 Å². The number of aryl methyl sites for hydroxylation is 1. The number of halogens is 1. The first kappa shape index (κ1) is 23.6. The van der Waals surface area contributed by atoms with Crippen LogP contribution in [0.25, 0.3) is 5.76 Å². The number of phenolic OH excluding ortho intramolecular Hbond substituents is 1. The Bertz CT molecular complexity index is 1080. The molecule has 1 fully saturated rings. The summed E-state index contributed by atoms with van der Waals surface area (Å²) in [5.74, 6) is -1.82. The number of hydrogen-bond donors (Lipinski definition) is 2. The number of methoxy groups -OCH3 is 1. The van der Waals surface area contributed by atoms with E-state index in [1.54, 1.807) is 31.2 Å². The summed E-state index contributed by atoms with van der Waals surface area (Å²) in [5.41, 5.74) is 1.32. The number of phenols is 1. The third-order valence-corrected chi connectivity index (χ3v) is 5.44. The molecule has 7 nitrogen and oxygen atoms in total. The quantitative estimate of drug-likeness (QED) is 0.366. The minimum Gasteiger partial charge on any atom is -0.508 e. The Hall–Kier alpha value is -3.03. The number of ether oxygens (including phenoxy) is 2. The molecule has 1 saturated heterocycles. The Kier molecular flexibility index (Phi) is 7.11. The molecule has 0 aliphatic carbocycles. The lowest BCUT2D eigenvalue weighted by Crippen LogP contribution is -2.33. The topological polar surface area (TPSA) is 96.3 Å². The number of aliphatic hydroxyl groups excluding tert-OH is 1. The van der Waals surface area contributed by atoms with Gasteiger partial charge in [-0.3, -0.25) is 9.59 Å². The number of carbonyl (C=O) groups is 2. The van der Waals surface area contributed by atoms with E-state index in [0.29, 0.717) is 5.56 Å². The molecule has 0 radical (unpaired) electrons. The summed E-state index contributed by atoms with van der Waals surface area (Å²) >= 11 is 6.28. The van der Waals surface area contributed by atoms with E-state index >= 15 is 0 Å². The molecule has 0 saturated carbocycles. The molecular formula is C24H26ClNO6. The molecule has 8 heteroatoms. The van der Waals surface area contributed by atoms with Crippen molar-refractivity contribution in [3.05, 3.63) is 63.7 Å². The van der Waals surface area contributed by atoms with Crippen molar-refractivity contribution in [3.63, 3.8) is 0 Å². The minimum absolute atomic E-state index is 0.0253. The zero-order valence-corrected chi connectivity index (χ0v) is 19.1. The van der Waals surface area contributed by atoms with Gasteiger partial charge in [0.2, 0.25) is 0 Å². The summed E-state index contributed by atoms with van der Waals surface area (Å²) in [7, 11) is 1.40. The first-order valence-corrected chi connectivity index (χ1v) is 10.6. The molecule has 0 aromatic heterocycles. The molecule has 2 aromatic carbocycles. The molecule has 32 heavy (non-hydrogen) atoms. The van der Waals surface area contributed by atoms with Crippen molar-refractivity contribution < 1.29 is 29.3 Å². The van der Waals surface area contributed by atoms with E-state index in [-0.39, 0.29) is 46.9 Å². The molecule has 0 spiro atoms. The third-order valence-electron chi connectivity index (χ3n) is 5.16. The molecule has 1 unspecified atom stereocenters. The molecule has 1 aliphatic rings. The average Bonchev–Trinajstić information content (AvgIpc) is 2.97. The van der Waals surface area contributed by atoms with Crippen molar-refractivity contribution in [1.82, 2.24) is 4.90 Å². The van der Waals surface area contributed by atoms with Gasteiger partial charge in [0.25, 0.3) is 11.7 Å². The molecule has 1 aliphatic heterocycles. The molecule has 3 rings (SSSR count). The van der Waals surface area contributed by atoms with Gasteiger partial charge in [0.1, 0.15) is 17.3 Å². The van der Waals surface area contributed by atoms with Crippen molar-refractivity contribution in [3.8, 4) is 11.5 Å². The summed E-state index contributed by atoms with van der Waals surface area (Å²) in [4.78, 5) is 27.4. The summed E-state index contributed by atoms with van der Waals surface area (Å²) in [6.45, 7) is 5.87. The zero-order chi connectivity index (χ0) is 23.6. The second-order valence-electron chi connectivity index (χ2n) is 7.83. The number of likely N-dealkylation sites (tertiary alicyclic amines) is 1. The van der Waals surface area contributed by atoms with E-state index in [1.165, 1.54) is 24.1 Å². The molecule has 1 heterocycles. The summed E-state index contributed by atoms with van der Waals surface area (Å²) in [5, 5.41) is 21.5. The number of hydrogen-bond acceptors (Lipinski definition) is 6. The van der Waals surface area contributed by atoms with Gasteiger partial charge in [-0.1, -0.05) is 23.7 Å². The molecule has 2 N–H and O–H groups in total. The highest BCUT2D eigenvalue weighted by Crippen LogP contribution is 2.43. The van der Waals surface area contributed by atoms with E-state index < -0.39 is 23.5 Å². The highest BCUT2D eigenvalue weighted by molar-refractivity contribution is 6.46. The smallest absolute Gasteiger partial charge is 0.295 e. The number of carbonyl (C=O) groups excluding carboxylic acids is 2. The summed E-state index contributed by atoms with van der Waals surface area (Å²) in [6.07, 6.45) is -0.0512. The first-order valence-electron chi connectivity index (χ1n) is 10.2. The van der Waals surface area contributed by atoms with Crippen LogP contribution in [0.2, 0.25) is 5.02 Å². The lowest BCUT2D eigenvalue weighted by molar-refractivity contribution is -0.140. The second kappa shape index (κ2) is 9.63. The third kappa shape index (κ3) is 4.59. The van der Waals surface area contributed by atoms with Crippen LogP contribution in [0.1, 0.15) is 36.6 Å². The van der Waals surface area contributed by atoms with Crippen LogP contribution in [0.5, 0.6) is 11.5 Å². The van der Waals surface area contributed by atoms with Crippen molar-refractivity contribution in [1.29, 1.82) is 0 Å². The van der Waals surface area contributed by atoms with Crippen LogP contribution < -0.4 is 4.74 Å². The maximum Gasteiger partial charge on any atom is 0.295 e. The largest absolute Gasteiger partial charge is 0.508 e. The number of aromatic hydroxyl groups is 1. The number of amides is 1. The van der Waals surface area contributed by atoms with Gasteiger partial charge in [0.15, 0.2) is 0 Å². The van der Waals surface area contributed by atoms with Crippen LogP contribution in [0.15, 0.2) is 42.0 Å². The van der Waals surface area contributed by atoms with Crippen molar-refractivity contribution in [2.45, 2.75) is 32.9 Å². The van der Waals surface area contributed by atoms with Crippen molar-refractivity contribution in [2.75, 3.05) is 20.3 Å². The molecule has 170 valence electrons. The number of ketones is 1. The Balaban J connectivity index is 2.20. The maximum atomic E-state index is 13.1. The van der Waals surface area contributed by atoms with Crippen LogP contribution in [0.3, 0.4) is 0 Å². The molecule has 1 atom stereocenters. The van der Waals surface area contributed by atoms with Gasteiger partial charge >= 0.3 is 0 Å². The monoisotopic (exact) mass is 459 g/mol. The number of aliphatic hydroxyl groups is 1. The number of Topliss-reactive ketones (excluding diaryl/α,β-unsaturated/α-hetero) is 1. The van der Waals surface area contributed by atoms with Gasteiger partial charge in [-0.2, -0.15) is 0 Å². The van der Waals surface area contributed by atoms with Crippen LogP contribution in [0, 0.1) is 6.92 Å². The number of benzene rings is 2. The van der Waals surface area contributed by atoms with Gasteiger partial charge in [0.05, 0.1) is 42.0 Å². The predicted molar refractivity (Wildman–Crippen MR) is 121 cm³/mol. The Morgan fingerprint density at radius 1 is 1.22 bits per heavy atom. The Morgan fingerprint density at radius 3 is 2.56 bits per heavy atom. The molecule has 2 aromatic rings. The maximum absolute atomic E-state index is 13.1. The molecule has 1 amide bonds. The van der Waals surface area contributed by atoms with Crippen LogP contribution >= 0.6 is 11.6 Å². The van der Waals surface area contributed by atoms with E-state index in [2.05, 4.69) is 0 Å². The standard InChI is InChI=1S/C24H26ClNO6/c1-13(2)32-9-8-26-20(15-6-5-7-16(27)12-15)19(22(29)24(26)30)21(28)17-10-14(3)11-18(25)23(17)31-4/h5-7,10-13,20,27-28H,8-9H2,1-4H3/b21-19+. The number of nitrogens with zero attached hydrogens (tertiary/aromatic N) is 1. The van der Waals surface area contributed by atoms with Gasteiger partial charge in [-0.05, 0) is 56.2 Å². The van der Waals surface area contributed by atoms with Crippen molar-refractivity contribution >= 4 is 29.1 Å². The van der Waals surface area contributed by atoms with Gasteiger partial charge in [0, 0.05) is 6.54 Å². The fourth-order valence-corrected chi connectivity index (χ4v) is 4.15. The minimum atomic E-state index is -0.915. The van der Waals surface area contributed by atoms with Gasteiger partial charge in [-0.15, -0.1) is 0 Å². The predicted octanol–water partition coefficient (Wildman–Crippen LogP) is 4.21. The van der Waals surface area contributed by atoms with E-state index in [4.69, 9.17) is 21.1 Å². The average molecular weight is 460 g/mol. The summed E-state index contributed by atoms with van der Waals surface area (Å²) < 4.78 is 10.9. The van der Waals surface area contributed by atoms with Crippen molar-refractivity contribution in [2.24, 2.45) is 0 Å². The van der Waals surface area contributed by atoms with E-state index in [0.717, 1.165) is 5.56 Å². The normalized spacial score (nSPS) is 17.9. The highest BCUT2D eigenvalue weighted by atomic mass is 35.5. The first-order chi connectivity index (χ1) is 15.1. The van der Waals surface area contributed by atoms with Crippen LogP contribution in [-0.4, -0.2) is 53.2 Å². The van der Waals surface area contributed by atoms with E-state index in [9.17, 15) is 19.8 Å². The zero-order valence-electron chi connectivity index (χ0n) is 18.4. The lowest BCUT2D eigenvalue weighted by atomic mass is 9.94. The fraction of sp³-hybridized carbons (Fsp3) is 0.333. The SMILES string of the molecule is COc1c(Cl)cc(C)cc1/C(O)=C1\C(=O)C(=O)N(CCOC(C)C)C1c1cccc(O)c1. The summed E-state index contributed by atoms with van der Waals surface area (Å²) in [6, 6.07) is 8.63. The molecular weight excluding hydrogens is 434 g/mol. The molecule has 0 bridgehead atoms. The van der Waals surface area contributed by atoms with Gasteiger partial charge < -0.3 is 24.6 Å². The Labute approximate surface area is 191 Å². The number of rotatable bonds is 7. The second-order valence-corrected chi connectivity index (χ2v) is 8.24. The lowest BCUT2D eigenvalue weighted by Gasteiger charge is -2.26. The Morgan fingerprint density at radius 2 is 1.94 bits per heavy atom. The van der Waals surface area contributed by atoms with Crippen LogP contribution in [-0.2, 0) is 14.3 Å². The van der Waals surface area contributed by atoms with E-state index in [1.807, 2.05) is 13.8 Å². The van der Waals surface area contributed by atoms with Crippen LogP contribution in [0.4, 0.5) is 0 Å².